The molecular weight excluding hydrogens is 236 g/mol. The minimum absolute atomic E-state index is 0.165. The van der Waals surface area contributed by atoms with E-state index in [2.05, 4.69) is 4.99 Å². The Morgan fingerprint density at radius 2 is 1.89 bits per heavy atom. The first-order valence-electron chi connectivity index (χ1n) is 5.47. The number of halogens is 2. The topological polar surface area (TPSA) is 29.4 Å². The zero-order chi connectivity index (χ0) is 13.3. The first-order chi connectivity index (χ1) is 8.54. The highest BCUT2D eigenvalue weighted by Gasteiger charge is 2.23. The van der Waals surface area contributed by atoms with Gasteiger partial charge in [-0.15, -0.1) is 0 Å². The Morgan fingerprint density at radius 3 is 2.39 bits per heavy atom. The third kappa shape index (κ3) is 2.01. The smallest absolute Gasteiger partial charge is 0.178 e. The van der Waals surface area contributed by atoms with Crippen molar-refractivity contribution in [2.24, 2.45) is 4.99 Å². The Hall–Kier alpha value is -2.10. The molecule has 0 spiro atoms. The number of hydrogen-bond acceptors (Lipinski definition) is 2. The quantitative estimate of drug-likeness (QED) is 0.789. The summed E-state index contributed by atoms with van der Waals surface area (Å²) in [7, 11) is 0. The zero-order valence-electron chi connectivity index (χ0n) is 10.00. The van der Waals surface area contributed by atoms with Crippen LogP contribution in [0.1, 0.15) is 19.4 Å². The van der Waals surface area contributed by atoms with Gasteiger partial charge in [-0.05, 0) is 30.7 Å². The highest BCUT2D eigenvalue weighted by Crippen LogP contribution is 2.25. The van der Waals surface area contributed by atoms with Gasteiger partial charge < -0.3 is 0 Å². The predicted molar refractivity (Wildman–Crippen MR) is 65.4 cm³/mol. The molecule has 0 bridgehead atoms. The van der Waals surface area contributed by atoms with E-state index in [9.17, 15) is 13.6 Å². The van der Waals surface area contributed by atoms with Crippen LogP contribution in [0.2, 0.25) is 0 Å². The van der Waals surface area contributed by atoms with Crippen molar-refractivity contribution in [1.29, 1.82) is 0 Å². The van der Waals surface area contributed by atoms with Gasteiger partial charge in [0.15, 0.2) is 5.78 Å². The molecule has 0 saturated carbocycles. The van der Waals surface area contributed by atoms with Gasteiger partial charge in [0.25, 0.3) is 0 Å². The monoisotopic (exact) mass is 247 g/mol. The molecule has 1 aliphatic rings. The molecule has 1 aromatic carbocycles. The number of carbonyl (C=O) groups excluding carboxylic acids is 1. The van der Waals surface area contributed by atoms with E-state index in [4.69, 9.17) is 0 Å². The zero-order valence-corrected chi connectivity index (χ0v) is 10.00. The Morgan fingerprint density at radius 1 is 1.28 bits per heavy atom. The van der Waals surface area contributed by atoms with Crippen LogP contribution in [-0.4, -0.2) is 11.5 Å². The maximum Gasteiger partial charge on any atom is 0.178 e. The Bertz CT molecular complexity index is 592. The molecule has 0 aliphatic carbocycles. The molecule has 0 atom stereocenters. The highest BCUT2D eigenvalue weighted by molar-refractivity contribution is 6.19. The fourth-order valence-corrected chi connectivity index (χ4v) is 1.76. The van der Waals surface area contributed by atoms with E-state index < -0.39 is 11.6 Å². The Labute approximate surface area is 103 Å². The number of rotatable bonds is 2. The van der Waals surface area contributed by atoms with Gasteiger partial charge in [-0.1, -0.05) is 12.1 Å². The van der Waals surface area contributed by atoms with Gasteiger partial charge >= 0.3 is 0 Å². The summed E-state index contributed by atoms with van der Waals surface area (Å²) >= 11 is 0. The number of Topliss-reactive ketones (excluding diaryl/α,β-unsaturated/α-hetero) is 1. The number of allylic oxidation sites excluding steroid dienone is 4. The van der Waals surface area contributed by atoms with Crippen molar-refractivity contribution >= 4 is 11.5 Å². The summed E-state index contributed by atoms with van der Waals surface area (Å²) in [5.41, 5.74) is 0.723. The van der Waals surface area contributed by atoms with Crippen molar-refractivity contribution < 1.29 is 13.6 Å². The second kappa shape index (κ2) is 4.64. The van der Waals surface area contributed by atoms with Gasteiger partial charge in [-0.2, -0.15) is 0 Å². The van der Waals surface area contributed by atoms with Crippen LogP contribution in [0.3, 0.4) is 0 Å². The van der Waals surface area contributed by atoms with Crippen molar-refractivity contribution in [1.82, 2.24) is 0 Å². The van der Waals surface area contributed by atoms with Crippen molar-refractivity contribution in [3.05, 3.63) is 58.8 Å². The molecule has 2 nitrogen and oxygen atoms in total. The summed E-state index contributed by atoms with van der Waals surface area (Å²) in [6.45, 7) is 3.09. The largest absolute Gasteiger partial charge is 0.293 e. The molecule has 0 amide bonds. The molecule has 18 heavy (non-hydrogen) atoms. The summed E-state index contributed by atoms with van der Waals surface area (Å²) in [6.07, 6.45) is 3.20. The number of carbonyl (C=O) groups is 1. The lowest BCUT2D eigenvalue weighted by Gasteiger charge is -2.05. The van der Waals surface area contributed by atoms with Crippen LogP contribution in [0.4, 0.5) is 8.78 Å². The highest BCUT2D eigenvalue weighted by atomic mass is 19.1. The van der Waals surface area contributed by atoms with Crippen LogP contribution in [0.5, 0.6) is 0 Å². The molecule has 0 radical (unpaired) electrons. The molecule has 1 heterocycles. The van der Waals surface area contributed by atoms with Crippen molar-refractivity contribution in [2.45, 2.75) is 13.8 Å². The Kier molecular flexibility index (Phi) is 3.19. The van der Waals surface area contributed by atoms with Crippen molar-refractivity contribution in [3.8, 4) is 0 Å². The lowest BCUT2D eigenvalue weighted by Crippen LogP contribution is -2.07. The van der Waals surface area contributed by atoms with Gasteiger partial charge in [-0.25, -0.2) is 13.8 Å². The lowest BCUT2D eigenvalue weighted by molar-refractivity contribution is -0.113. The number of ketones is 1. The minimum Gasteiger partial charge on any atom is -0.293 e. The first kappa shape index (κ1) is 12.4. The van der Waals surface area contributed by atoms with Crippen LogP contribution in [0, 0.1) is 11.6 Å². The van der Waals surface area contributed by atoms with Crippen molar-refractivity contribution in [2.75, 3.05) is 0 Å². The molecule has 0 fully saturated rings. The third-order valence-corrected chi connectivity index (χ3v) is 2.67. The van der Waals surface area contributed by atoms with E-state index in [1.54, 1.807) is 13.0 Å². The lowest BCUT2D eigenvalue weighted by atomic mass is 10.0. The number of nitrogens with zero attached hydrogens (tertiary/aromatic N) is 1. The molecule has 1 aliphatic heterocycles. The maximum atomic E-state index is 13.7. The van der Waals surface area contributed by atoms with Crippen LogP contribution >= 0.6 is 0 Å². The van der Waals surface area contributed by atoms with Gasteiger partial charge in [-0.3, -0.25) is 4.79 Å². The minimum atomic E-state index is -0.689. The second-order valence-electron chi connectivity index (χ2n) is 3.89. The SMILES string of the molecule is C/C=C1\C=C(C(C)=O)N=C1c1c(F)cccc1F. The summed E-state index contributed by atoms with van der Waals surface area (Å²) < 4.78 is 27.4. The summed E-state index contributed by atoms with van der Waals surface area (Å²) in [5.74, 6) is -1.61. The number of benzene rings is 1. The molecule has 0 unspecified atom stereocenters. The van der Waals surface area contributed by atoms with E-state index >= 15 is 0 Å². The standard InChI is InChI=1S/C14H11F2NO/c1-3-9-7-12(8(2)18)17-14(9)13-10(15)5-4-6-11(13)16/h3-7H,1-2H3/b9-3+. The van der Waals surface area contributed by atoms with E-state index in [1.807, 2.05) is 0 Å². The molecule has 0 saturated heterocycles. The maximum absolute atomic E-state index is 13.7. The number of hydrogen-bond donors (Lipinski definition) is 0. The van der Waals surface area contributed by atoms with E-state index in [0.29, 0.717) is 5.57 Å². The second-order valence-corrected chi connectivity index (χ2v) is 3.89. The van der Waals surface area contributed by atoms with Crippen LogP contribution in [0.15, 0.2) is 46.6 Å². The molecular formula is C14H11F2NO. The average Bonchev–Trinajstić information content (AvgIpc) is 2.73. The molecule has 4 heteroatoms. The van der Waals surface area contributed by atoms with Gasteiger partial charge in [0.1, 0.15) is 17.3 Å². The van der Waals surface area contributed by atoms with Crippen LogP contribution in [0.25, 0.3) is 0 Å². The summed E-state index contributed by atoms with van der Waals surface area (Å²) in [6, 6.07) is 3.62. The fraction of sp³-hybridized carbons (Fsp3) is 0.143. The summed E-state index contributed by atoms with van der Waals surface area (Å²) in [4.78, 5) is 15.3. The van der Waals surface area contributed by atoms with Gasteiger partial charge in [0.05, 0.1) is 11.3 Å². The fourth-order valence-electron chi connectivity index (χ4n) is 1.76. The first-order valence-corrected chi connectivity index (χ1v) is 5.47. The molecule has 2 rings (SSSR count). The van der Waals surface area contributed by atoms with Gasteiger partial charge in [0, 0.05) is 6.92 Å². The van der Waals surface area contributed by atoms with Gasteiger partial charge in [0.2, 0.25) is 0 Å². The van der Waals surface area contributed by atoms with E-state index in [0.717, 1.165) is 0 Å². The van der Waals surface area contributed by atoms with Crippen LogP contribution < -0.4 is 0 Å². The molecule has 1 aromatic rings. The summed E-state index contributed by atoms with van der Waals surface area (Å²) in [5, 5.41) is 0. The van der Waals surface area contributed by atoms with E-state index in [1.165, 1.54) is 31.2 Å². The molecule has 0 aromatic heterocycles. The third-order valence-electron chi connectivity index (χ3n) is 2.67. The predicted octanol–water partition coefficient (Wildman–Crippen LogP) is 3.19. The normalized spacial score (nSPS) is 16.8. The van der Waals surface area contributed by atoms with Crippen molar-refractivity contribution in [3.63, 3.8) is 0 Å². The van der Waals surface area contributed by atoms with E-state index in [-0.39, 0.29) is 22.8 Å². The number of aliphatic imine (C=N–C) groups is 1. The molecule has 92 valence electrons. The van der Waals surface area contributed by atoms with Crippen LogP contribution in [-0.2, 0) is 4.79 Å². The Balaban J connectivity index is 2.59. The molecule has 0 N–H and O–H groups in total. The average molecular weight is 247 g/mol.